The van der Waals surface area contributed by atoms with E-state index in [-0.39, 0.29) is 54.7 Å². The van der Waals surface area contributed by atoms with Gasteiger partial charge in [-0.25, -0.2) is 9.79 Å². The number of hydrogen-bond acceptors (Lipinski definition) is 6. The predicted octanol–water partition coefficient (Wildman–Crippen LogP) is 1.29. The van der Waals surface area contributed by atoms with E-state index in [2.05, 4.69) is 15.6 Å². The third kappa shape index (κ3) is 11.7. The molecule has 1 fully saturated rings. The molecule has 11 heteroatoms. The number of hydrogen-bond donors (Lipinski definition) is 2. The van der Waals surface area contributed by atoms with Gasteiger partial charge in [0, 0.05) is 47.5 Å². The van der Waals surface area contributed by atoms with Crippen molar-refractivity contribution in [3.8, 4) is 0 Å². The normalized spacial score (nSPS) is 18.9. The molecule has 0 aromatic carbocycles. The summed E-state index contributed by atoms with van der Waals surface area (Å²) in [7, 11) is 4.99. The molecule has 0 aromatic heterocycles. The summed E-state index contributed by atoms with van der Waals surface area (Å²) in [5.74, 6) is 0.398. The Labute approximate surface area is 203 Å². The highest BCUT2D eigenvalue weighted by Crippen LogP contribution is 2.17. The smallest absolute Gasteiger partial charge is 0.410 e. The third-order valence-corrected chi connectivity index (χ3v) is 4.38. The zero-order chi connectivity index (χ0) is 22.7. The summed E-state index contributed by atoms with van der Waals surface area (Å²) in [6, 6.07) is -0.185. The highest BCUT2D eigenvalue weighted by atomic mass is 127. The molecule has 0 saturated carbocycles. The number of carbonyl (C=O) groups is 2. The fourth-order valence-corrected chi connectivity index (χ4v) is 2.77. The second-order valence-electron chi connectivity index (χ2n) is 8.34. The Hall–Kier alpha value is -1.34. The van der Waals surface area contributed by atoms with E-state index in [0.717, 1.165) is 6.42 Å². The van der Waals surface area contributed by atoms with E-state index >= 15 is 0 Å². The summed E-state index contributed by atoms with van der Waals surface area (Å²) >= 11 is 0. The molecule has 10 nitrogen and oxygen atoms in total. The molecule has 31 heavy (non-hydrogen) atoms. The van der Waals surface area contributed by atoms with Crippen LogP contribution in [0.25, 0.3) is 0 Å². The summed E-state index contributed by atoms with van der Waals surface area (Å²) in [4.78, 5) is 31.9. The minimum absolute atomic E-state index is 0. The van der Waals surface area contributed by atoms with Crippen molar-refractivity contribution in [1.82, 2.24) is 20.4 Å². The third-order valence-electron chi connectivity index (χ3n) is 4.38. The van der Waals surface area contributed by atoms with E-state index in [4.69, 9.17) is 14.2 Å². The number of halogens is 1. The second-order valence-corrected chi connectivity index (χ2v) is 8.34. The van der Waals surface area contributed by atoms with Crippen molar-refractivity contribution in [3.63, 3.8) is 0 Å². The largest absolute Gasteiger partial charge is 0.444 e. The lowest BCUT2D eigenvalue weighted by Crippen LogP contribution is -2.49. The quantitative estimate of drug-likeness (QED) is 0.191. The summed E-state index contributed by atoms with van der Waals surface area (Å²) in [6.07, 6.45) is 0.204. The van der Waals surface area contributed by atoms with Gasteiger partial charge in [-0.15, -0.1) is 24.0 Å². The van der Waals surface area contributed by atoms with Crippen molar-refractivity contribution in [2.45, 2.75) is 51.9 Å². The SMILES string of the molecule is CCOCCCNC(=NCC(=O)N(C)C)NC1CN(C(=O)OC(C)(C)C)C[C@@H]1OC.I. The average Bonchev–Trinajstić information content (AvgIpc) is 3.07. The molecule has 0 aliphatic carbocycles. The van der Waals surface area contributed by atoms with Crippen LogP contribution >= 0.6 is 24.0 Å². The molecule has 1 saturated heterocycles. The Bertz CT molecular complexity index is 583. The minimum atomic E-state index is -0.563. The standard InChI is InChI=1S/C20H39N5O5.HI/c1-8-29-11-9-10-21-18(22-12-17(26)24(5)6)23-15-13-25(14-16(15)28-7)19(27)30-20(2,3)4;/h15-16H,8-14H2,1-7H3,(H2,21,22,23);1H/t15?,16-;/m0./s1. The fourth-order valence-electron chi connectivity index (χ4n) is 2.77. The Balaban J connectivity index is 0.00000900. The number of nitrogens with one attached hydrogen (secondary N) is 2. The van der Waals surface area contributed by atoms with Gasteiger partial charge in [-0.2, -0.15) is 0 Å². The average molecular weight is 557 g/mol. The summed E-state index contributed by atoms with van der Waals surface area (Å²) in [5.41, 5.74) is -0.563. The van der Waals surface area contributed by atoms with Gasteiger partial charge in [-0.3, -0.25) is 4.79 Å². The molecule has 1 unspecified atom stereocenters. The molecular weight excluding hydrogens is 517 g/mol. The van der Waals surface area contributed by atoms with Crippen LogP contribution in [-0.4, -0.2) is 106 Å². The number of methoxy groups -OCH3 is 1. The first-order valence-electron chi connectivity index (χ1n) is 10.4. The lowest BCUT2D eigenvalue weighted by molar-refractivity contribution is -0.127. The van der Waals surface area contributed by atoms with Crippen LogP contribution in [0, 0.1) is 0 Å². The molecular formula is C20H40IN5O5. The molecule has 2 atom stereocenters. The highest BCUT2D eigenvalue weighted by molar-refractivity contribution is 14.0. The molecule has 2 amide bonds. The molecule has 0 aromatic rings. The number of carbonyl (C=O) groups excluding carboxylic acids is 2. The fraction of sp³-hybridized carbons (Fsp3) is 0.850. The van der Waals surface area contributed by atoms with E-state index in [0.29, 0.717) is 38.8 Å². The van der Waals surface area contributed by atoms with E-state index < -0.39 is 5.60 Å². The van der Waals surface area contributed by atoms with Crippen molar-refractivity contribution >= 4 is 41.9 Å². The maximum absolute atomic E-state index is 12.4. The first-order valence-corrected chi connectivity index (χ1v) is 10.4. The minimum Gasteiger partial charge on any atom is -0.444 e. The van der Waals surface area contributed by atoms with Gasteiger partial charge in [0.2, 0.25) is 5.91 Å². The van der Waals surface area contributed by atoms with Crippen molar-refractivity contribution in [2.75, 3.05) is 60.6 Å². The number of amides is 2. The topological polar surface area (TPSA) is 105 Å². The van der Waals surface area contributed by atoms with E-state index in [1.165, 1.54) is 4.90 Å². The van der Waals surface area contributed by atoms with Gasteiger partial charge in [0.15, 0.2) is 5.96 Å². The molecule has 1 rings (SSSR count). The maximum Gasteiger partial charge on any atom is 0.410 e. The molecule has 1 aliphatic rings. The first-order chi connectivity index (χ1) is 14.1. The van der Waals surface area contributed by atoms with Gasteiger partial charge in [0.05, 0.1) is 18.7 Å². The van der Waals surface area contributed by atoms with E-state index in [1.807, 2.05) is 27.7 Å². The van der Waals surface area contributed by atoms with Crippen LogP contribution in [0.15, 0.2) is 4.99 Å². The van der Waals surface area contributed by atoms with Crippen LogP contribution in [0.1, 0.15) is 34.1 Å². The van der Waals surface area contributed by atoms with Gasteiger partial charge < -0.3 is 34.6 Å². The summed E-state index contributed by atoms with van der Waals surface area (Å²) in [5, 5.41) is 6.53. The maximum atomic E-state index is 12.4. The van der Waals surface area contributed by atoms with Gasteiger partial charge in [-0.1, -0.05) is 0 Å². The number of nitrogens with zero attached hydrogens (tertiary/aromatic N) is 3. The second kappa shape index (κ2) is 14.7. The molecule has 1 aliphatic heterocycles. The number of likely N-dealkylation sites (tertiary alicyclic amines) is 1. The van der Waals surface area contributed by atoms with Gasteiger partial charge in [0.25, 0.3) is 0 Å². The van der Waals surface area contributed by atoms with Crippen LogP contribution in [-0.2, 0) is 19.0 Å². The Morgan fingerprint density at radius 3 is 2.45 bits per heavy atom. The number of aliphatic imine (C=N–C) groups is 1. The van der Waals surface area contributed by atoms with Gasteiger partial charge >= 0.3 is 6.09 Å². The van der Waals surface area contributed by atoms with Crippen molar-refractivity contribution in [1.29, 1.82) is 0 Å². The molecule has 0 bridgehead atoms. The first kappa shape index (κ1) is 29.7. The van der Waals surface area contributed by atoms with Crippen LogP contribution in [0.5, 0.6) is 0 Å². The number of likely N-dealkylation sites (N-methyl/N-ethyl adjacent to an activating group) is 1. The van der Waals surface area contributed by atoms with Crippen LogP contribution in [0.2, 0.25) is 0 Å². The summed E-state index contributed by atoms with van der Waals surface area (Å²) < 4.78 is 16.4. The molecule has 0 spiro atoms. The van der Waals surface area contributed by atoms with E-state index in [1.54, 1.807) is 26.1 Å². The molecule has 0 radical (unpaired) electrons. The Kier molecular flexibility index (Phi) is 14.0. The predicted molar refractivity (Wildman–Crippen MR) is 131 cm³/mol. The zero-order valence-corrected chi connectivity index (χ0v) is 22.2. The van der Waals surface area contributed by atoms with Crippen molar-refractivity contribution < 1.29 is 23.8 Å². The van der Waals surface area contributed by atoms with Gasteiger partial charge in [0.1, 0.15) is 12.1 Å². The lowest BCUT2D eigenvalue weighted by Gasteiger charge is -2.24. The Morgan fingerprint density at radius 1 is 1.23 bits per heavy atom. The Morgan fingerprint density at radius 2 is 1.90 bits per heavy atom. The molecule has 2 N–H and O–H groups in total. The molecule has 182 valence electrons. The highest BCUT2D eigenvalue weighted by Gasteiger charge is 2.37. The number of ether oxygens (including phenoxy) is 3. The lowest BCUT2D eigenvalue weighted by atomic mass is 10.2. The number of guanidine groups is 1. The van der Waals surface area contributed by atoms with Gasteiger partial charge in [-0.05, 0) is 34.1 Å². The summed E-state index contributed by atoms with van der Waals surface area (Å²) in [6.45, 7) is 10.3. The monoisotopic (exact) mass is 557 g/mol. The van der Waals surface area contributed by atoms with Crippen LogP contribution in [0.3, 0.4) is 0 Å². The zero-order valence-electron chi connectivity index (χ0n) is 19.9. The van der Waals surface area contributed by atoms with Crippen molar-refractivity contribution in [2.24, 2.45) is 4.99 Å². The number of rotatable bonds is 9. The van der Waals surface area contributed by atoms with E-state index in [9.17, 15) is 9.59 Å². The van der Waals surface area contributed by atoms with Crippen LogP contribution < -0.4 is 10.6 Å². The van der Waals surface area contributed by atoms with Crippen LogP contribution in [0.4, 0.5) is 4.79 Å². The van der Waals surface area contributed by atoms with Crippen molar-refractivity contribution in [3.05, 3.63) is 0 Å². The molecule has 1 heterocycles.